The first kappa shape index (κ1) is 22.8. The minimum absolute atomic E-state index is 0.146. The Morgan fingerprint density at radius 2 is 1.87 bits per heavy atom. The lowest BCUT2D eigenvalue weighted by Gasteiger charge is -2.21. The predicted octanol–water partition coefficient (Wildman–Crippen LogP) is 5.12. The van der Waals surface area contributed by atoms with E-state index in [0.29, 0.717) is 45.6 Å². The van der Waals surface area contributed by atoms with Crippen molar-refractivity contribution in [3.05, 3.63) is 75.8 Å². The fraction of sp³-hybridized carbons (Fsp3) is 0.227. The molecule has 0 spiro atoms. The molecule has 1 heterocycles. The number of amides is 2. The van der Waals surface area contributed by atoms with Crippen molar-refractivity contribution in [1.29, 1.82) is 0 Å². The van der Waals surface area contributed by atoms with Gasteiger partial charge >= 0.3 is 0 Å². The molecule has 0 radical (unpaired) electrons. The molecule has 0 fully saturated rings. The van der Waals surface area contributed by atoms with Crippen LogP contribution in [0.5, 0.6) is 0 Å². The summed E-state index contributed by atoms with van der Waals surface area (Å²) in [5.74, 6) is -1.05. The third-order valence-electron chi connectivity index (χ3n) is 4.63. The van der Waals surface area contributed by atoms with Crippen molar-refractivity contribution in [2.45, 2.75) is 20.3 Å². The smallest absolute Gasteiger partial charge is 0.257 e. The van der Waals surface area contributed by atoms with Gasteiger partial charge in [0.2, 0.25) is 5.91 Å². The molecule has 0 unspecified atom stereocenters. The van der Waals surface area contributed by atoms with E-state index in [4.69, 9.17) is 23.2 Å². The number of hydrogen-bond donors (Lipinski definition) is 1. The molecule has 31 heavy (non-hydrogen) atoms. The summed E-state index contributed by atoms with van der Waals surface area (Å²) in [6.07, 6.45) is 2.13. The number of carbonyl (C=O) groups excluding carboxylic acids is 2. The van der Waals surface area contributed by atoms with Crippen LogP contribution in [0.25, 0.3) is 5.69 Å². The van der Waals surface area contributed by atoms with Gasteiger partial charge < -0.3 is 10.2 Å². The summed E-state index contributed by atoms with van der Waals surface area (Å²) < 4.78 is 14.8. The van der Waals surface area contributed by atoms with E-state index in [1.807, 2.05) is 6.92 Å². The van der Waals surface area contributed by atoms with Crippen LogP contribution in [0.15, 0.2) is 48.7 Å². The predicted molar refractivity (Wildman–Crippen MR) is 120 cm³/mol. The van der Waals surface area contributed by atoms with Crippen LogP contribution in [0.1, 0.15) is 29.4 Å². The Labute approximate surface area is 189 Å². The minimum atomic E-state index is -0.380. The van der Waals surface area contributed by atoms with Gasteiger partial charge in [-0.3, -0.25) is 9.59 Å². The molecular weight excluding hydrogens is 442 g/mol. The first-order chi connectivity index (χ1) is 14.8. The molecule has 0 saturated carbocycles. The Hall–Kier alpha value is -2.90. The Morgan fingerprint density at radius 1 is 1.16 bits per heavy atom. The zero-order chi connectivity index (χ0) is 22.5. The summed E-state index contributed by atoms with van der Waals surface area (Å²) in [5.41, 5.74) is 2.02. The van der Waals surface area contributed by atoms with Crippen LogP contribution in [0, 0.1) is 12.7 Å². The highest BCUT2D eigenvalue weighted by Crippen LogP contribution is 2.25. The van der Waals surface area contributed by atoms with Crippen LogP contribution < -0.4 is 5.32 Å². The number of halogens is 3. The summed E-state index contributed by atoms with van der Waals surface area (Å²) in [4.78, 5) is 27.2. The number of benzene rings is 2. The summed E-state index contributed by atoms with van der Waals surface area (Å²) in [7, 11) is 0. The monoisotopic (exact) mass is 462 g/mol. The molecule has 0 bridgehead atoms. The van der Waals surface area contributed by atoms with Crippen molar-refractivity contribution in [3.8, 4) is 5.69 Å². The normalized spacial score (nSPS) is 10.7. The van der Waals surface area contributed by atoms with Gasteiger partial charge in [-0.05, 0) is 55.8 Å². The van der Waals surface area contributed by atoms with Crippen molar-refractivity contribution in [3.63, 3.8) is 0 Å². The number of nitrogens with zero attached hydrogens (tertiary/aromatic N) is 3. The molecule has 2 amide bonds. The molecule has 1 aromatic heterocycles. The standard InChI is InChI=1S/C22H21Cl2FN4O2/c1-3-10-28(13-21(30)27-20-9-4-15(23)11-19(20)24)22(31)18-12-26-29(14(18)2)17-7-5-16(25)6-8-17/h4-9,11-12H,3,10,13H2,1-2H3,(H,27,30). The van der Waals surface area contributed by atoms with E-state index in [1.165, 1.54) is 29.3 Å². The number of anilines is 1. The molecule has 0 aliphatic heterocycles. The fourth-order valence-corrected chi connectivity index (χ4v) is 3.56. The minimum Gasteiger partial charge on any atom is -0.329 e. The topological polar surface area (TPSA) is 67.2 Å². The summed E-state index contributed by atoms with van der Waals surface area (Å²) in [6, 6.07) is 10.6. The van der Waals surface area contributed by atoms with Gasteiger partial charge in [-0.2, -0.15) is 5.10 Å². The fourth-order valence-electron chi connectivity index (χ4n) is 3.11. The van der Waals surface area contributed by atoms with Crippen LogP contribution in [0.3, 0.4) is 0 Å². The molecule has 0 atom stereocenters. The number of nitrogens with one attached hydrogen (secondary N) is 1. The molecular formula is C22H21Cl2FN4O2. The van der Waals surface area contributed by atoms with Gasteiger partial charge in [0.05, 0.1) is 33.9 Å². The lowest BCUT2D eigenvalue weighted by molar-refractivity contribution is -0.116. The molecule has 3 rings (SSSR count). The van der Waals surface area contributed by atoms with Crippen molar-refractivity contribution < 1.29 is 14.0 Å². The molecule has 3 aromatic rings. The van der Waals surface area contributed by atoms with Crippen LogP contribution in [-0.2, 0) is 4.79 Å². The van der Waals surface area contributed by atoms with Gasteiger partial charge in [0.1, 0.15) is 12.4 Å². The number of hydrogen-bond acceptors (Lipinski definition) is 3. The Morgan fingerprint density at radius 3 is 2.52 bits per heavy atom. The highest BCUT2D eigenvalue weighted by molar-refractivity contribution is 6.36. The molecule has 0 aliphatic rings. The second kappa shape index (κ2) is 9.94. The van der Waals surface area contributed by atoms with Crippen molar-refractivity contribution in [2.75, 3.05) is 18.4 Å². The maximum Gasteiger partial charge on any atom is 0.257 e. The first-order valence-electron chi connectivity index (χ1n) is 9.65. The van der Waals surface area contributed by atoms with E-state index >= 15 is 0 Å². The average Bonchev–Trinajstić information content (AvgIpc) is 3.11. The van der Waals surface area contributed by atoms with Gasteiger partial charge in [-0.25, -0.2) is 9.07 Å². The van der Waals surface area contributed by atoms with Gasteiger partial charge in [0.25, 0.3) is 5.91 Å². The SMILES string of the molecule is CCCN(CC(=O)Nc1ccc(Cl)cc1Cl)C(=O)c1cnn(-c2ccc(F)cc2)c1C. The highest BCUT2D eigenvalue weighted by Gasteiger charge is 2.23. The Balaban J connectivity index is 1.77. The number of rotatable bonds is 7. The molecule has 0 saturated heterocycles. The van der Waals surface area contributed by atoms with Crippen LogP contribution in [0.2, 0.25) is 10.0 Å². The van der Waals surface area contributed by atoms with E-state index in [2.05, 4.69) is 10.4 Å². The molecule has 2 aromatic carbocycles. The second-order valence-electron chi connectivity index (χ2n) is 6.93. The van der Waals surface area contributed by atoms with Crippen LogP contribution in [-0.4, -0.2) is 39.6 Å². The van der Waals surface area contributed by atoms with E-state index < -0.39 is 0 Å². The summed E-state index contributed by atoms with van der Waals surface area (Å²) in [6.45, 7) is 3.92. The van der Waals surface area contributed by atoms with Crippen LogP contribution in [0.4, 0.5) is 10.1 Å². The van der Waals surface area contributed by atoms with E-state index in [0.717, 1.165) is 0 Å². The summed E-state index contributed by atoms with van der Waals surface area (Å²) in [5, 5.41) is 7.73. The number of aromatic nitrogens is 2. The first-order valence-corrected chi connectivity index (χ1v) is 10.4. The van der Waals surface area contributed by atoms with E-state index in [-0.39, 0.29) is 24.2 Å². The van der Waals surface area contributed by atoms with Crippen molar-refractivity contribution in [1.82, 2.24) is 14.7 Å². The molecule has 1 N–H and O–H groups in total. The third-order valence-corrected chi connectivity index (χ3v) is 5.18. The maximum atomic E-state index is 13.2. The highest BCUT2D eigenvalue weighted by atomic mass is 35.5. The second-order valence-corrected chi connectivity index (χ2v) is 7.77. The largest absolute Gasteiger partial charge is 0.329 e. The van der Waals surface area contributed by atoms with E-state index in [1.54, 1.807) is 35.9 Å². The maximum absolute atomic E-state index is 13.2. The molecule has 6 nitrogen and oxygen atoms in total. The van der Waals surface area contributed by atoms with Gasteiger partial charge in [0, 0.05) is 11.6 Å². The Kier molecular flexibility index (Phi) is 7.30. The van der Waals surface area contributed by atoms with E-state index in [9.17, 15) is 14.0 Å². The van der Waals surface area contributed by atoms with Crippen LogP contribution >= 0.6 is 23.2 Å². The zero-order valence-electron chi connectivity index (χ0n) is 17.0. The van der Waals surface area contributed by atoms with Gasteiger partial charge in [-0.1, -0.05) is 30.1 Å². The summed E-state index contributed by atoms with van der Waals surface area (Å²) >= 11 is 12.0. The van der Waals surface area contributed by atoms with Crippen molar-refractivity contribution in [2.24, 2.45) is 0 Å². The number of carbonyl (C=O) groups is 2. The Bertz CT molecular complexity index is 1100. The molecule has 162 valence electrons. The van der Waals surface area contributed by atoms with Crippen molar-refractivity contribution >= 4 is 40.7 Å². The lowest BCUT2D eigenvalue weighted by atomic mass is 10.2. The molecule has 0 aliphatic carbocycles. The lowest BCUT2D eigenvalue weighted by Crippen LogP contribution is -2.38. The molecule has 9 heteroatoms. The zero-order valence-corrected chi connectivity index (χ0v) is 18.5. The average molecular weight is 463 g/mol. The van der Waals surface area contributed by atoms with Gasteiger partial charge in [0.15, 0.2) is 0 Å². The van der Waals surface area contributed by atoms with Gasteiger partial charge in [-0.15, -0.1) is 0 Å². The quantitative estimate of drug-likeness (QED) is 0.529. The third kappa shape index (κ3) is 5.42.